The van der Waals surface area contributed by atoms with Gasteiger partial charge in [-0.15, -0.1) is 0 Å². The summed E-state index contributed by atoms with van der Waals surface area (Å²) >= 11 is 2.56. The minimum absolute atomic E-state index is 0.211. The molecule has 3 nitrogen and oxygen atoms in total. The highest BCUT2D eigenvalue weighted by molar-refractivity contribution is 9.09. The molecule has 1 rings (SSSR count). The van der Waals surface area contributed by atoms with Gasteiger partial charge >= 0.3 is 5.97 Å². The minimum Gasteiger partial charge on any atom is -0.466 e. The Morgan fingerprint density at radius 2 is 1.88 bits per heavy atom. The van der Waals surface area contributed by atoms with Gasteiger partial charge in [0.25, 0.3) is 0 Å². The van der Waals surface area contributed by atoms with Crippen molar-refractivity contribution in [1.82, 2.24) is 0 Å². The summed E-state index contributed by atoms with van der Waals surface area (Å²) < 4.78 is 16.8. The molecule has 17 heavy (non-hydrogen) atoms. The van der Waals surface area contributed by atoms with Gasteiger partial charge in [0.05, 0.1) is 6.61 Å². The molecular formula is C12H14BrFO3. The van der Waals surface area contributed by atoms with Gasteiger partial charge in [-0.2, -0.15) is 0 Å². The number of rotatable bonds is 3. The van der Waals surface area contributed by atoms with E-state index in [2.05, 4.69) is 20.7 Å². The van der Waals surface area contributed by atoms with E-state index in [0.29, 0.717) is 12.2 Å². The number of Topliss-reactive ketones (excluding diaryl/α,β-unsaturated/α-hetero) is 1. The Hall–Kier alpha value is -1.23. The molecule has 0 spiro atoms. The molecule has 0 aromatic heterocycles. The van der Waals surface area contributed by atoms with Crippen molar-refractivity contribution in [2.24, 2.45) is 0 Å². The van der Waals surface area contributed by atoms with Gasteiger partial charge in [0.1, 0.15) is 0 Å². The van der Waals surface area contributed by atoms with Gasteiger partial charge in [0, 0.05) is 12.5 Å². The summed E-state index contributed by atoms with van der Waals surface area (Å²) in [6.45, 7) is 3.65. The maximum atomic E-state index is 12.3. The highest BCUT2D eigenvalue weighted by Crippen LogP contribution is 2.10. The van der Waals surface area contributed by atoms with Crippen LogP contribution in [0.25, 0.3) is 0 Å². The zero-order valence-electron chi connectivity index (χ0n) is 9.65. The molecule has 0 fully saturated rings. The summed E-state index contributed by atoms with van der Waals surface area (Å²) in [6, 6.07) is 8.33. The summed E-state index contributed by atoms with van der Waals surface area (Å²) in [5.41, 5.74) is 0.386. The molecule has 0 aliphatic carbocycles. The Labute approximate surface area is 108 Å². The predicted octanol–water partition coefficient (Wildman–Crippen LogP) is 3.13. The van der Waals surface area contributed by atoms with E-state index in [-0.39, 0.29) is 5.97 Å². The Bertz CT molecular complexity index is 352. The van der Waals surface area contributed by atoms with Gasteiger partial charge < -0.3 is 4.74 Å². The SMILES string of the molecule is CCOC(C)=O.O=C(c1ccccc1)C(F)Br. The zero-order chi connectivity index (χ0) is 13.3. The molecule has 1 unspecified atom stereocenters. The highest BCUT2D eigenvalue weighted by Gasteiger charge is 2.13. The van der Waals surface area contributed by atoms with Crippen molar-refractivity contribution in [3.8, 4) is 0 Å². The summed E-state index contributed by atoms with van der Waals surface area (Å²) in [5, 5.41) is -1.59. The van der Waals surface area contributed by atoms with E-state index in [4.69, 9.17) is 0 Å². The first-order valence-electron chi connectivity index (χ1n) is 4.99. The van der Waals surface area contributed by atoms with Crippen LogP contribution in [0.15, 0.2) is 30.3 Å². The lowest BCUT2D eigenvalue weighted by Crippen LogP contribution is -2.07. The number of carbonyl (C=O) groups is 2. The minimum atomic E-state index is -1.59. The number of ether oxygens (including phenoxy) is 1. The Balaban J connectivity index is 0.000000366. The monoisotopic (exact) mass is 304 g/mol. The average molecular weight is 305 g/mol. The number of benzene rings is 1. The molecule has 0 amide bonds. The maximum absolute atomic E-state index is 12.3. The van der Waals surface area contributed by atoms with Crippen molar-refractivity contribution >= 4 is 27.7 Å². The van der Waals surface area contributed by atoms with Gasteiger partial charge in [0.2, 0.25) is 10.9 Å². The second-order valence-corrected chi connectivity index (χ2v) is 3.76. The van der Waals surface area contributed by atoms with E-state index in [1.165, 1.54) is 6.92 Å². The Morgan fingerprint density at radius 1 is 1.35 bits per heavy atom. The number of hydrogen-bond acceptors (Lipinski definition) is 3. The number of hydrogen-bond donors (Lipinski definition) is 0. The van der Waals surface area contributed by atoms with Crippen molar-refractivity contribution < 1.29 is 18.7 Å². The van der Waals surface area contributed by atoms with Crippen LogP contribution >= 0.6 is 15.9 Å². The molecule has 1 atom stereocenters. The average Bonchev–Trinajstić information content (AvgIpc) is 2.29. The third kappa shape index (κ3) is 7.63. The Morgan fingerprint density at radius 3 is 2.18 bits per heavy atom. The molecule has 0 aliphatic rings. The molecule has 0 saturated carbocycles. The van der Waals surface area contributed by atoms with Gasteiger partial charge in [-0.1, -0.05) is 30.3 Å². The summed E-state index contributed by atoms with van der Waals surface area (Å²) in [4.78, 5) is 20.7. The van der Waals surface area contributed by atoms with Crippen LogP contribution < -0.4 is 0 Å². The van der Waals surface area contributed by atoms with E-state index in [9.17, 15) is 14.0 Å². The molecule has 0 N–H and O–H groups in total. The number of ketones is 1. The third-order valence-corrected chi connectivity index (χ3v) is 2.02. The van der Waals surface area contributed by atoms with Crippen LogP contribution in [0, 0.1) is 0 Å². The second-order valence-electron chi connectivity index (χ2n) is 2.96. The van der Waals surface area contributed by atoms with Crippen LogP contribution in [0.2, 0.25) is 0 Å². The van der Waals surface area contributed by atoms with E-state index >= 15 is 0 Å². The van der Waals surface area contributed by atoms with Crippen molar-refractivity contribution in [3.63, 3.8) is 0 Å². The highest BCUT2D eigenvalue weighted by atomic mass is 79.9. The van der Waals surface area contributed by atoms with Crippen LogP contribution in [0.4, 0.5) is 4.39 Å². The molecule has 0 heterocycles. The number of carbonyl (C=O) groups excluding carboxylic acids is 2. The molecule has 5 heteroatoms. The lowest BCUT2D eigenvalue weighted by molar-refractivity contribution is -0.140. The van der Waals surface area contributed by atoms with Crippen molar-refractivity contribution in [3.05, 3.63) is 35.9 Å². The van der Waals surface area contributed by atoms with Crippen LogP contribution in [-0.2, 0) is 9.53 Å². The fourth-order valence-corrected chi connectivity index (χ4v) is 1.20. The van der Waals surface area contributed by atoms with Gasteiger partial charge in [0.15, 0.2) is 0 Å². The lowest BCUT2D eigenvalue weighted by Gasteiger charge is -1.97. The van der Waals surface area contributed by atoms with E-state index in [1.54, 1.807) is 37.3 Å². The number of alkyl halides is 2. The first-order valence-corrected chi connectivity index (χ1v) is 5.91. The lowest BCUT2D eigenvalue weighted by atomic mass is 10.1. The second kappa shape index (κ2) is 8.87. The largest absolute Gasteiger partial charge is 0.466 e. The van der Waals surface area contributed by atoms with Gasteiger partial charge in [-0.3, -0.25) is 9.59 Å². The van der Waals surface area contributed by atoms with E-state index in [1.807, 2.05) is 0 Å². The fraction of sp³-hybridized carbons (Fsp3) is 0.333. The summed E-state index contributed by atoms with van der Waals surface area (Å²) in [6.07, 6.45) is 0. The molecule has 0 bridgehead atoms. The summed E-state index contributed by atoms with van der Waals surface area (Å²) in [5.74, 6) is -0.747. The maximum Gasteiger partial charge on any atom is 0.302 e. The van der Waals surface area contributed by atoms with E-state index in [0.717, 1.165) is 0 Å². The molecule has 1 aromatic carbocycles. The molecule has 0 aliphatic heterocycles. The third-order valence-electron chi connectivity index (χ3n) is 1.60. The topological polar surface area (TPSA) is 43.4 Å². The van der Waals surface area contributed by atoms with Crippen LogP contribution in [0.1, 0.15) is 24.2 Å². The van der Waals surface area contributed by atoms with E-state index < -0.39 is 10.9 Å². The molecule has 0 saturated heterocycles. The van der Waals surface area contributed by atoms with Crippen molar-refractivity contribution in [2.75, 3.05) is 6.61 Å². The van der Waals surface area contributed by atoms with Gasteiger partial charge in [-0.25, -0.2) is 4.39 Å². The predicted molar refractivity (Wildman–Crippen MR) is 66.9 cm³/mol. The number of esters is 1. The van der Waals surface area contributed by atoms with Gasteiger partial charge in [-0.05, 0) is 22.9 Å². The zero-order valence-corrected chi connectivity index (χ0v) is 11.2. The quantitative estimate of drug-likeness (QED) is 0.489. The standard InChI is InChI=1S/C8H6BrFO.C4H8O2/c9-8(10)7(11)6-4-2-1-3-5-6;1-3-6-4(2)5/h1-5,8H;3H2,1-2H3. The molecular weight excluding hydrogens is 291 g/mol. The van der Waals surface area contributed by atoms with Crippen LogP contribution in [0.5, 0.6) is 0 Å². The first-order chi connectivity index (χ1) is 7.99. The molecule has 1 aromatic rings. The summed E-state index contributed by atoms with van der Waals surface area (Å²) in [7, 11) is 0. The smallest absolute Gasteiger partial charge is 0.302 e. The fourth-order valence-electron chi connectivity index (χ4n) is 0.932. The first kappa shape index (κ1) is 15.8. The van der Waals surface area contributed by atoms with Crippen LogP contribution in [0.3, 0.4) is 0 Å². The number of halogens is 2. The van der Waals surface area contributed by atoms with Crippen molar-refractivity contribution in [2.45, 2.75) is 18.9 Å². The van der Waals surface area contributed by atoms with Crippen molar-refractivity contribution in [1.29, 1.82) is 0 Å². The molecule has 94 valence electrons. The molecule has 0 radical (unpaired) electrons. The normalized spacial score (nSPS) is 10.8. The Kier molecular flexibility index (Phi) is 8.23. The van der Waals surface area contributed by atoms with Crippen LogP contribution in [-0.4, -0.2) is 23.4 Å².